The third-order valence-electron chi connectivity index (χ3n) is 4.13. The van der Waals surface area contributed by atoms with Crippen LogP contribution in [0.15, 0.2) is 22.8 Å². The number of fused-ring (bicyclic) bond motifs is 1. The van der Waals surface area contributed by atoms with Crippen molar-refractivity contribution in [2.24, 2.45) is 5.41 Å². The standard InChI is InChI=1S/C12H14BBrN2O/c1-12-5-8(12)16(7-17)10(6-12)13-9-3-2-4-11(14)15-9/h2-4,7-8,10,13H,5-6H2,1H3/t8-,10+,12-/m1/s1. The average molecular weight is 293 g/mol. The molecule has 3 nitrogen and oxygen atoms in total. The zero-order valence-electron chi connectivity index (χ0n) is 9.77. The molecular weight excluding hydrogens is 279 g/mol. The van der Waals surface area contributed by atoms with E-state index in [0.29, 0.717) is 17.4 Å². The van der Waals surface area contributed by atoms with Crippen LogP contribution in [0.5, 0.6) is 0 Å². The van der Waals surface area contributed by atoms with Gasteiger partial charge in [0.25, 0.3) is 0 Å². The highest BCUT2D eigenvalue weighted by Gasteiger charge is 2.61. The lowest BCUT2D eigenvalue weighted by atomic mass is 9.63. The Hall–Kier alpha value is -0.835. The molecule has 2 aliphatic rings. The fourth-order valence-corrected chi connectivity index (χ4v) is 3.49. The average Bonchev–Trinajstić information content (AvgIpc) is 2.83. The minimum atomic E-state index is 0.332. The summed E-state index contributed by atoms with van der Waals surface area (Å²) in [5.74, 6) is 0.332. The van der Waals surface area contributed by atoms with Gasteiger partial charge in [0.05, 0.1) is 0 Å². The van der Waals surface area contributed by atoms with Crippen LogP contribution in [0.3, 0.4) is 0 Å². The van der Waals surface area contributed by atoms with Crippen LogP contribution >= 0.6 is 15.9 Å². The lowest BCUT2D eigenvalue weighted by Crippen LogP contribution is -2.41. The van der Waals surface area contributed by atoms with Crippen LogP contribution < -0.4 is 5.59 Å². The van der Waals surface area contributed by atoms with Crippen LogP contribution in [-0.2, 0) is 4.79 Å². The Balaban J connectivity index is 1.76. The van der Waals surface area contributed by atoms with Crippen molar-refractivity contribution in [2.45, 2.75) is 31.7 Å². The van der Waals surface area contributed by atoms with Gasteiger partial charge in [0.15, 0.2) is 0 Å². The van der Waals surface area contributed by atoms with E-state index < -0.39 is 0 Å². The van der Waals surface area contributed by atoms with E-state index in [2.05, 4.69) is 27.8 Å². The van der Waals surface area contributed by atoms with Crippen molar-refractivity contribution in [1.82, 2.24) is 9.88 Å². The molecular formula is C12H14BBrN2O. The van der Waals surface area contributed by atoms with Crippen LogP contribution in [0.1, 0.15) is 19.8 Å². The quantitative estimate of drug-likeness (QED) is 0.471. The number of nitrogens with zero attached hydrogens (tertiary/aromatic N) is 2. The van der Waals surface area contributed by atoms with Crippen LogP contribution in [0.25, 0.3) is 0 Å². The monoisotopic (exact) mass is 292 g/mol. The number of piperidine rings is 1. The number of amides is 1. The van der Waals surface area contributed by atoms with Gasteiger partial charge in [-0.15, -0.1) is 0 Å². The first-order chi connectivity index (χ1) is 8.12. The van der Waals surface area contributed by atoms with E-state index in [1.807, 2.05) is 23.1 Å². The van der Waals surface area contributed by atoms with Gasteiger partial charge in [-0.1, -0.05) is 19.1 Å². The normalized spacial score (nSPS) is 34.4. The summed E-state index contributed by atoms with van der Waals surface area (Å²) in [5, 5.41) is 0. The molecule has 0 N–H and O–H groups in total. The summed E-state index contributed by atoms with van der Waals surface area (Å²) >= 11 is 3.38. The van der Waals surface area contributed by atoms with Gasteiger partial charge in [0.2, 0.25) is 13.7 Å². The number of carbonyl (C=O) groups excluding carboxylic acids is 1. The maximum atomic E-state index is 11.2. The Morgan fingerprint density at radius 1 is 1.59 bits per heavy atom. The number of hydrogen-bond acceptors (Lipinski definition) is 2. The Kier molecular flexibility index (Phi) is 2.54. The second-order valence-electron chi connectivity index (χ2n) is 5.44. The fourth-order valence-electron chi connectivity index (χ4n) is 3.11. The molecule has 0 spiro atoms. The molecule has 2 heterocycles. The third kappa shape index (κ3) is 1.90. The molecule has 1 amide bonds. The minimum Gasteiger partial charge on any atom is -0.346 e. The number of pyridine rings is 1. The lowest BCUT2D eigenvalue weighted by molar-refractivity contribution is -0.118. The van der Waals surface area contributed by atoms with E-state index in [4.69, 9.17) is 0 Å². The van der Waals surface area contributed by atoms with Crippen molar-refractivity contribution in [1.29, 1.82) is 0 Å². The van der Waals surface area contributed by atoms with E-state index >= 15 is 0 Å². The molecule has 1 aromatic heterocycles. The molecule has 0 aromatic carbocycles. The first-order valence-corrected chi connectivity index (χ1v) is 6.76. The molecule has 1 saturated heterocycles. The number of likely N-dealkylation sites (tertiary alicyclic amines) is 1. The molecule has 1 aliphatic heterocycles. The highest BCUT2D eigenvalue weighted by Crippen LogP contribution is 2.58. The molecule has 2 fully saturated rings. The van der Waals surface area contributed by atoms with Crippen molar-refractivity contribution >= 4 is 35.2 Å². The number of aromatic nitrogens is 1. The molecule has 17 heavy (non-hydrogen) atoms. The number of carbonyl (C=O) groups is 1. The number of hydrogen-bond donors (Lipinski definition) is 0. The summed E-state index contributed by atoms with van der Waals surface area (Å²) in [7, 11) is 0.865. The molecule has 1 aliphatic carbocycles. The predicted molar refractivity (Wildman–Crippen MR) is 71.5 cm³/mol. The zero-order chi connectivity index (χ0) is 12.0. The second-order valence-corrected chi connectivity index (χ2v) is 6.25. The van der Waals surface area contributed by atoms with Crippen molar-refractivity contribution in [2.75, 3.05) is 0 Å². The van der Waals surface area contributed by atoms with Crippen LogP contribution in [0, 0.1) is 5.41 Å². The molecule has 1 aromatic rings. The summed E-state index contributed by atoms with van der Waals surface area (Å²) in [5.41, 5.74) is 1.44. The van der Waals surface area contributed by atoms with E-state index in [0.717, 1.165) is 30.3 Å². The SMILES string of the molecule is C[C@@]12C[C@@H](Bc3cccc(Br)n3)N(C=O)[C@@H]1C2. The van der Waals surface area contributed by atoms with Gasteiger partial charge < -0.3 is 4.90 Å². The van der Waals surface area contributed by atoms with Crippen molar-refractivity contribution in [3.63, 3.8) is 0 Å². The second kappa shape index (κ2) is 3.84. The Morgan fingerprint density at radius 3 is 3.12 bits per heavy atom. The first kappa shape index (κ1) is 11.3. The molecule has 5 heteroatoms. The molecule has 3 atom stereocenters. The van der Waals surface area contributed by atoms with Gasteiger partial charge >= 0.3 is 0 Å². The number of halogens is 1. The Bertz CT molecular complexity index is 470. The van der Waals surface area contributed by atoms with Crippen LogP contribution in [-0.4, -0.2) is 35.6 Å². The third-order valence-corrected chi connectivity index (χ3v) is 4.57. The Morgan fingerprint density at radius 2 is 2.41 bits per heavy atom. The van der Waals surface area contributed by atoms with Gasteiger partial charge in [-0.25, -0.2) is 0 Å². The summed E-state index contributed by atoms with van der Waals surface area (Å²) in [6.45, 7) is 2.28. The van der Waals surface area contributed by atoms with Crippen molar-refractivity contribution < 1.29 is 4.79 Å². The van der Waals surface area contributed by atoms with Gasteiger partial charge in [-0.2, -0.15) is 0 Å². The molecule has 88 valence electrons. The van der Waals surface area contributed by atoms with Crippen LogP contribution in [0.4, 0.5) is 0 Å². The highest BCUT2D eigenvalue weighted by molar-refractivity contribution is 9.10. The largest absolute Gasteiger partial charge is 0.346 e. The number of rotatable bonds is 3. The fraction of sp³-hybridized carbons (Fsp3) is 0.500. The summed E-state index contributed by atoms with van der Waals surface area (Å²) in [4.78, 5) is 17.6. The summed E-state index contributed by atoms with van der Waals surface area (Å²) in [6, 6.07) is 6.43. The lowest BCUT2D eigenvalue weighted by Gasteiger charge is -2.22. The molecule has 0 radical (unpaired) electrons. The maximum absolute atomic E-state index is 11.2. The minimum absolute atomic E-state index is 0.332. The Labute approximate surface area is 110 Å². The zero-order valence-corrected chi connectivity index (χ0v) is 11.4. The van der Waals surface area contributed by atoms with E-state index in [-0.39, 0.29) is 0 Å². The molecule has 0 unspecified atom stereocenters. The summed E-state index contributed by atoms with van der Waals surface area (Å²) < 4.78 is 0.863. The first-order valence-electron chi connectivity index (χ1n) is 5.96. The van der Waals surface area contributed by atoms with E-state index in [9.17, 15) is 4.79 Å². The van der Waals surface area contributed by atoms with E-state index in [1.54, 1.807) is 0 Å². The van der Waals surface area contributed by atoms with Crippen molar-refractivity contribution in [3.05, 3.63) is 22.8 Å². The van der Waals surface area contributed by atoms with Crippen molar-refractivity contribution in [3.8, 4) is 0 Å². The molecule has 3 rings (SSSR count). The van der Waals surface area contributed by atoms with Gasteiger partial charge in [-0.3, -0.25) is 9.78 Å². The van der Waals surface area contributed by atoms with Crippen LogP contribution in [0.2, 0.25) is 0 Å². The van der Waals surface area contributed by atoms with Gasteiger partial charge in [0.1, 0.15) is 4.60 Å². The molecule has 1 saturated carbocycles. The predicted octanol–water partition coefficient (Wildman–Crippen LogP) is 0.873. The van der Waals surface area contributed by atoms with E-state index in [1.165, 1.54) is 6.42 Å². The smallest absolute Gasteiger partial charge is 0.209 e. The summed E-state index contributed by atoms with van der Waals surface area (Å²) in [6.07, 6.45) is 3.31. The highest BCUT2D eigenvalue weighted by atomic mass is 79.9. The van der Waals surface area contributed by atoms with Gasteiger partial charge in [-0.05, 0) is 40.3 Å². The van der Waals surface area contributed by atoms with Gasteiger partial charge in [0, 0.05) is 17.6 Å². The molecule has 0 bridgehead atoms. The maximum Gasteiger partial charge on any atom is 0.209 e. The topological polar surface area (TPSA) is 33.2 Å².